The zero-order valence-corrected chi connectivity index (χ0v) is 17.7. The fourth-order valence-corrected chi connectivity index (χ4v) is 5.05. The van der Waals surface area contributed by atoms with E-state index >= 15 is 0 Å². The fraction of sp³-hybridized carbons (Fsp3) is 0.435. The first kappa shape index (κ1) is 19.8. The van der Waals surface area contributed by atoms with Crippen molar-refractivity contribution < 1.29 is 14.4 Å². The molecule has 2 aliphatic rings. The molecule has 1 unspecified atom stereocenters. The van der Waals surface area contributed by atoms with Gasteiger partial charge >= 0.3 is 0 Å². The number of anilines is 1. The van der Waals surface area contributed by atoms with Gasteiger partial charge in [0.1, 0.15) is 6.04 Å². The molecule has 1 aromatic carbocycles. The largest absolute Gasteiger partial charge is 0.322 e. The van der Waals surface area contributed by atoms with Gasteiger partial charge in [0.15, 0.2) is 0 Å². The van der Waals surface area contributed by atoms with Crippen LogP contribution in [0.2, 0.25) is 0 Å². The highest BCUT2D eigenvalue weighted by Crippen LogP contribution is 2.33. The quantitative estimate of drug-likeness (QED) is 0.678. The summed E-state index contributed by atoms with van der Waals surface area (Å²) in [5.41, 5.74) is 1.74. The number of hydrogen-bond acceptors (Lipinski definition) is 4. The van der Waals surface area contributed by atoms with Crippen LogP contribution in [0.1, 0.15) is 67.1 Å². The molecule has 0 radical (unpaired) electrons. The van der Waals surface area contributed by atoms with Gasteiger partial charge in [0.25, 0.3) is 11.8 Å². The number of carbonyl (C=O) groups is 3. The molecule has 1 saturated carbocycles. The van der Waals surface area contributed by atoms with Crippen LogP contribution in [0.15, 0.2) is 41.8 Å². The van der Waals surface area contributed by atoms with Crippen LogP contribution >= 0.6 is 11.3 Å². The molecule has 1 atom stereocenters. The minimum absolute atomic E-state index is 0.0228. The molecule has 2 heterocycles. The molecule has 1 aliphatic carbocycles. The van der Waals surface area contributed by atoms with Crippen LogP contribution in [0.4, 0.5) is 5.69 Å². The molecular formula is C23H26N2O3S. The number of benzene rings is 1. The predicted molar refractivity (Wildman–Crippen MR) is 114 cm³/mol. The molecule has 3 amide bonds. The van der Waals surface area contributed by atoms with Crippen LogP contribution in [0, 0.1) is 0 Å². The molecule has 5 nitrogen and oxygen atoms in total. The lowest BCUT2D eigenvalue weighted by atomic mass is 10.0. The zero-order valence-electron chi connectivity index (χ0n) is 16.8. The van der Waals surface area contributed by atoms with Gasteiger partial charge in [-0.2, -0.15) is 0 Å². The van der Waals surface area contributed by atoms with Crippen molar-refractivity contribution in [2.24, 2.45) is 0 Å². The summed E-state index contributed by atoms with van der Waals surface area (Å²) >= 11 is 1.38. The second kappa shape index (κ2) is 8.11. The smallest absolute Gasteiger partial charge is 0.264 e. The van der Waals surface area contributed by atoms with Crippen LogP contribution in [0.3, 0.4) is 0 Å². The lowest BCUT2D eigenvalue weighted by Gasteiger charge is -2.32. The number of amides is 3. The molecule has 152 valence electrons. The standard InChI is InChI=1S/C23H26N2O3S/c1-15(2)16-9-11-18(12-10-16)25-21(26)14-19(22(25)27)24(17-6-3-4-7-17)23(28)20-8-5-13-29-20/h5,8-13,15,17,19H,3-4,6-7,14H2,1-2H3. The van der Waals surface area contributed by atoms with E-state index in [9.17, 15) is 14.4 Å². The average molecular weight is 411 g/mol. The Bertz CT molecular complexity index is 899. The summed E-state index contributed by atoms with van der Waals surface area (Å²) in [5.74, 6) is -0.276. The van der Waals surface area contributed by atoms with Gasteiger partial charge in [0.05, 0.1) is 17.0 Å². The van der Waals surface area contributed by atoms with Gasteiger partial charge in [-0.15, -0.1) is 11.3 Å². The normalized spacial score (nSPS) is 20.1. The number of thiophene rings is 1. The second-order valence-electron chi connectivity index (χ2n) is 8.16. The van der Waals surface area contributed by atoms with Crippen molar-refractivity contribution in [3.63, 3.8) is 0 Å². The summed E-state index contributed by atoms with van der Waals surface area (Å²) in [5, 5.41) is 1.87. The molecule has 6 heteroatoms. The first-order valence-electron chi connectivity index (χ1n) is 10.3. The maximum absolute atomic E-state index is 13.3. The Kier molecular flexibility index (Phi) is 5.54. The Hall–Kier alpha value is -2.47. The number of nitrogens with zero attached hydrogens (tertiary/aromatic N) is 2. The molecule has 0 N–H and O–H groups in total. The van der Waals surface area contributed by atoms with Crippen molar-refractivity contribution in [3.8, 4) is 0 Å². The van der Waals surface area contributed by atoms with Crippen LogP contribution in [-0.2, 0) is 9.59 Å². The summed E-state index contributed by atoms with van der Waals surface area (Å²) in [6.45, 7) is 4.21. The van der Waals surface area contributed by atoms with Crippen LogP contribution in [-0.4, -0.2) is 34.7 Å². The summed E-state index contributed by atoms with van der Waals surface area (Å²) in [7, 11) is 0. The predicted octanol–water partition coefficient (Wildman–Crippen LogP) is 4.59. The van der Waals surface area contributed by atoms with Gasteiger partial charge in [0.2, 0.25) is 5.91 Å². The van der Waals surface area contributed by atoms with Gasteiger partial charge in [0, 0.05) is 6.04 Å². The van der Waals surface area contributed by atoms with Gasteiger partial charge in [-0.3, -0.25) is 14.4 Å². The van der Waals surface area contributed by atoms with Crippen molar-refractivity contribution in [2.45, 2.75) is 64.0 Å². The second-order valence-corrected chi connectivity index (χ2v) is 9.11. The maximum Gasteiger partial charge on any atom is 0.264 e. The highest BCUT2D eigenvalue weighted by molar-refractivity contribution is 7.12. The molecular weight excluding hydrogens is 384 g/mol. The maximum atomic E-state index is 13.3. The summed E-state index contributed by atoms with van der Waals surface area (Å²) in [4.78, 5) is 43.0. The summed E-state index contributed by atoms with van der Waals surface area (Å²) in [6, 6.07) is 10.5. The first-order chi connectivity index (χ1) is 14.0. The van der Waals surface area contributed by atoms with Gasteiger partial charge in [-0.05, 0) is 47.9 Å². The Morgan fingerprint density at radius 3 is 2.38 bits per heavy atom. The zero-order chi connectivity index (χ0) is 20.5. The molecule has 1 aliphatic heterocycles. The van der Waals surface area contributed by atoms with Crippen molar-refractivity contribution in [1.29, 1.82) is 0 Å². The molecule has 2 fully saturated rings. The van der Waals surface area contributed by atoms with E-state index < -0.39 is 6.04 Å². The average Bonchev–Trinajstić information content (AvgIpc) is 3.45. The van der Waals surface area contributed by atoms with E-state index in [0.717, 1.165) is 31.2 Å². The van der Waals surface area contributed by atoms with E-state index in [2.05, 4.69) is 13.8 Å². The molecule has 0 bridgehead atoms. The van der Waals surface area contributed by atoms with Crippen LogP contribution < -0.4 is 4.90 Å². The summed E-state index contributed by atoms with van der Waals surface area (Å²) in [6.07, 6.45) is 3.93. The Balaban J connectivity index is 1.63. The highest BCUT2D eigenvalue weighted by Gasteiger charge is 2.47. The minimum atomic E-state index is -0.718. The third-order valence-corrected chi connectivity index (χ3v) is 6.82. The van der Waals surface area contributed by atoms with Crippen molar-refractivity contribution in [2.75, 3.05) is 4.90 Å². The number of hydrogen-bond donors (Lipinski definition) is 0. The number of carbonyl (C=O) groups excluding carboxylic acids is 3. The van der Waals surface area contributed by atoms with E-state index in [1.54, 1.807) is 11.0 Å². The molecule has 4 rings (SSSR count). The van der Waals surface area contributed by atoms with E-state index in [0.29, 0.717) is 16.5 Å². The molecule has 0 spiro atoms. The van der Waals surface area contributed by atoms with Crippen molar-refractivity contribution in [3.05, 3.63) is 52.2 Å². The van der Waals surface area contributed by atoms with Gasteiger partial charge in [-0.25, -0.2) is 4.90 Å². The van der Waals surface area contributed by atoms with E-state index in [1.165, 1.54) is 16.2 Å². The molecule has 2 aromatic rings. The Labute approximate surface area is 175 Å². The summed E-state index contributed by atoms with van der Waals surface area (Å²) < 4.78 is 0. The number of rotatable bonds is 5. The third-order valence-electron chi connectivity index (χ3n) is 5.96. The van der Waals surface area contributed by atoms with Crippen molar-refractivity contribution in [1.82, 2.24) is 4.90 Å². The SMILES string of the molecule is CC(C)c1ccc(N2C(=O)CC(N(C(=O)c3cccs3)C3CCCC3)C2=O)cc1. The van der Waals surface area contributed by atoms with Crippen LogP contribution in [0.5, 0.6) is 0 Å². The monoisotopic (exact) mass is 410 g/mol. The Morgan fingerprint density at radius 2 is 1.79 bits per heavy atom. The first-order valence-corrected chi connectivity index (χ1v) is 11.2. The molecule has 29 heavy (non-hydrogen) atoms. The van der Waals surface area contributed by atoms with Crippen molar-refractivity contribution >= 4 is 34.7 Å². The molecule has 1 saturated heterocycles. The third kappa shape index (κ3) is 3.73. The Morgan fingerprint density at radius 1 is 1.10 bits per heavy atom. The minimum Gasteiger partial charge on any atom is -0.322 e. The highest BCUT2D eigenvalue weighted by atomic mass is 32.1. The van der Waals surface area contributed by atoms with Crippen LogP contribution in [0.25, 0.3) is 0 Å². The fourth-order valence-electron chi connectivity index (χ4n) is 4.38. The topological polar surface area (TPSA) is 57.7 Å². The molecule has 1 aromatic heterocycles. The van der Waals surface area contributed by atoms with E-state index in [1.807, 2.05) is 35.7 Å². The van der Waals surface area contributed by atoms with Gasteiger partial charge < -0.3 is 4.90 Å². The lowest BCUT2D eigenvalue weighted by molar-refractivity contribution is -0.123. The lowest BCUT2D eigenvalue weighted by Crippen LogP contribution is -2.49. The van der Waals surface area contributed by atoms with E-state index in [-0.39, 0.29) is 30.2 Å². The van der Waals surface area contributed by atoms with E-state index in [4.69, 9.17) is 0 Å². The number of imide groups is 1. The van der Waals surface area contributed by atoms with Gasteiger partial charge in [-0.1, -0.05) is 44.9 Å².